The van der Waals surface area contributed by atoms with Gasteiger partial charge in [0.25, 0.3) is 0 Å². The molecule has 3 rings (SSSR count). The van der Waals surface area contributed by atoms with Crippen LogP contribution < -0.4 is 10.6 Å². The maximum absolute atomic E-state index is 12.8. The Morgan fingerprint density at radius 1 is 1.24 bits per heavy atom. The molecule has 1 heterocycles. The number of nitrogen functional groups attached to an aromatic ring is 1. The fraction of sp³-hybridized carbons (Fsp3) is 0.235. The number of fused-ring (bicyclic) bond motifs is 1. The van der Waals surface area contributed by atoms with Gasteiger partial charge in [-0.1, -0.05) is 24.3 Å². The number of para-hydroxylation sites is 1. The Bertz CT molecular complexity index is 671. The standard InChI is InChI=1S/C17H18N2OS/c1-12(13-5-4-6-14(18)11-13)17(20)19-9-10-21-16-8-3-2-7-15(16)19/h2-8,11-12H,9-10,18H2,1H3. The molecule has 1 aliphatic heterocycles. The normalized spacial score (nSPS) is 15.4. The number of hydrogen-bond donors (Lipinski definition) is 1. The molecule has 108 valence electrons. The second-order valence-corrected chi connectivity index (χ2v) is 6.33. The summed E-state index contributed by atoms with van der Waals surface area (Å²) in [6.45, 7) is 2.70. The van der Waals surface area contributed by atoms with E-state index in [1.165, 1.54) is 4.90 Å². The fourth-order valence-electron chi connectivity index (χ4n) is 2.60. The molecular formula is C17H18N2OS. The predicted molar refractivity (Wildman–Crippen MR) is 88.8 cm³/mol. The summed E-state index contributed by atoms with van der Waals surface area (Å²) in [4.78, 5) is 15.9. The third-order valence-corrected chi connectivity index (χ3v) is 4.82. The Labute approximate surface area is 129 Å². The zero-order valence-electron chi connectivity index (χ0n) is 12.0. The van der Waals surface area contributed by atoms with Crippen molar-refractivity contribution in [2.24, 2.45) is 0 Å². The monoisotopic (exact) mass is 298 g/mol. The first kappa shape index (κ1) is 14.0. The van der Waals surface area contributed by atoms with Crippen LogP contribution in [0.1, 0.15) is 18.4 Å². The predicted octanol–water partition coefficient (Wildman–Crippen LogP) is 3.51. The molecule has 0 bridgehead atoms. The highest BCUT2D eigenvalue weighted by Crippen LogP contribution is 2.36. The van der Waals surface area contributed by atoms with Crippen LogP contribution >= 0.6 is 11.8 Å². The van der Waals surface area contributed by atoms with Crippen LogP contribution in [-0.2, 0) is 4.79 Å². The van der Waals surface area contributed by atoms with Crippen molar-refractivity contribution in [3.63, 3.8) is 0 Å². The summed E-state index contributed by atoms with van der Waals surface area (Å²) in [5, 5.41) is 0. The molecule has 1 unspecified atom stereocenters. The molecule has 3 nitrogen and oxygen atoms in total. The van der Waals surface area contributed by atoms with E-state index in [2.05, 4.69) is 6.07 Å². The molecule has 0 saturated carbocycles. The average Bonchev–Trinajstić information content (AvgIpc) is 2.53. The molecule has 0 spiro atoms. The zero-order valence-corrected chi connectivity index (χ0v) is 12.8. The van der Waals surface area contributed by atoms with Gasteiger partial charge in [0.1, 0.15) is 0 Å². The minimum absolute atomic E-state index is 0.133. The van der Waals surface area contributed by atoms with E-state index in [0.29, 0.717) is 5.69 Å². The molecule has 1 aliphatic rings. The quantitative estimate of drug-likeness (QED) is 0.863. The molecule has 2 aromatic rings. The number of carbonyl (C=O) groups is 1. The molecule has 0 aliphatic carbocycles. The Morgan fingerprint density at radius 3 is 2.86 bits per heavy atom. The van der Waals surface area contributed by atoms with Crippen LogP contribution in [0.4, 0.5) is 11.4 Å². The third-order valence-electron chi connectivity index (χ3n) is 3.78. The van der Waals surface area contributed by atoms with Crippen molar-refractivity contribution in [2.75, 3.05) is 22.9 Å². The third kappa shape index (κ3) is 2.76. The number of anilines is 2. The second kappa shape index (κ2) is 5.82. The summed E-state index contributed by atoms with van der Waals surface area (Å²) >= 11 is 1.81. The minimum atomic E-state index is -0.190. The van der Waals surface area contributed by atoms with Crippen LogP contribution in [0.25, 0.3) is 0 Å². The molecule has 2 N–H and O–H groups in total. The molecule has 0 saturated heterocycles. The fourth-order valence-corrected chi connectivity index (χ4v) is 3.60. The van der Waals surface area contributed by atoms with Crippen LogP contribution in [0.5, 0.6) is 0 Å². The first-order valence-corrected chi connectivity index (χ1v) is 8.04. The number of nitrogens with two attached hydrogens (primary N) is 1. The van der Waals surface area contributed by atoms with Gasteiger partial charge < -0.3 is 10.6 Å². The van der Waals surface area contributed by atoms with E-state index in [4.69, 9.17) is 5.73 Å². The van der Waals surface area contributed by atoms with Crippen molar-refractivity contribution in [3.05, 3.63) is 54.1 Å². The Morgan fingerprint density at radius 2 is 2.05 bits per heavy atom. The summed E-state index contributed by atoms with van der Waals surface area (Å²) in [6.07, 6.45) is 0. The van der Waals surface area contributed by atoms with Crippen LogP contribution in [-0.4, -0.2) is 18.2 Å². The number of hydrogen-bond acceptors (Lipinski definition) is 3. The Balaban J connectivity index is 1.89. The number of nitrogens with zero attached hydrogens (tertiary/aromatic N) is 1. The summed E-state index contributed by atoms with van der Waals surface area (Å²) in [7, 11) is 0. The smallest absolute Gasteiger partial charge is 0.234 e. The maximum atomic E-state index is 12.8. The van der Waals surface area contributed by atoms with Gasteiger partial charge in [0.05, 0.1) is 11.6 Å². The SMILES string of the molecule is CC(C(=O)N1CCSc2ccccc21)c1cccc(N)c1. The lowest BCUT2D eigenvalue weighted by atomic mass is 9.99. The lowest BCUT2D eigenvalue weighted by Crippen LogP contribution is -2.38. The number of benzene rings is 2. The van der Waals surface area contributed by atoms with Crippen molar-refractivity contribution >= 4 is 29.0 Å². The van der Waals surface area contributed by atoms with Crippen molar-refractivity contribution in [3.8, 4) is 0 Å². The lowest BCUT2D eigenvalue weighted by molar-refractivity contribution is -0.119. The van der Waals surface area contributed by atoms with Gasteiger partial charge in [-0.25, -0.2) is 0 Å². The van der Waals surface area contributed by atoms with Crippen molar-refractivity contribution in [2.45, 2.75) is 17.7 Å². The molecule has 0 aromatic heterocycles. The second-order valence-electron chi connectivity index (χ2n) is 5.20. The van der Waals surface area contributed by atoms with Gasteiger partial charge in [-0.15, -0.1) is 11.8 Å². The van der Waals surface area contributed by atoms with Crippen LogP contribution in [0.3, 0.4) is 0 Å². The highest BCUT2D eigenvalue weighted by Gasteiger charge is 2.27. The number of carbonyl (C=O) groups excluding carboxylic acids is 1. The lowest BCUT2D eigenvalue weighted by Gasteiger charge is -2.31. The number of thioether (sulfide) groups is 1. The summed E-state index contributed by atoms with van der Waals surface area (Å²) < 4.78 is 0. The molecule has 0 radical (unpaired) electrons. The minimum Gasteiger partial charge on any atom is -0.399 e. The highest BCUT2D eigenvalue weighted by atomic mass is 32.2. The molecule has 1 atom stereocenters. The molecule has 4 heteroatoms. The first-order chi connectivity index (χ1) is 10.2. The van der Waals surface area contributed by atoms with Gasteiger partial charge in [-0.2, -0.15) is 0 Å². The Hall–Kier alpha value is -1.94. The van der Waals surface area contributed by atoms with Gasteiger partial charge in [0.2, 0.25) is 5.91 Å². The maximum Gasteiger partial charge on any atom is 0.234 e. The van der Waals surface area contributed by atoms with Gasteiger partial charge in [0, 0.05) is 22.9 Å². The summed E-state index contributed by atoms with van der Waals surface area (Å²) in [5.74, 6) is 0.880. The van der Waals surface area contributed by atoms with Crippen molar-refractivity contribution in [1.29, 1.82) is 0 Å². The largest absolute Gasteiger partial charge is 0.399 e. The number of rotatable bonds is 2. The molecule has 21 heavy (non-hydrogen) atoms. The van der Waals surface area contributed by atoms with E-state index in [1.807, 2.05) is 54.3 Å². The van der Waals surface area contributed by atoms with Crippen LogP contribution in [0, 0.1) is 0 Å². The summed E-state index contributed by atoms with van der Waals surface area (Å²) in [5.41, 5.74) is 8.51. The van der Waals surface area contributed by atoms with Gasteiger partial charge in [-0.05, 0) is 36.8 Å². The summed E-state index contributed by atoms with van der Waals surface area (Å²) in [6, 6.07) is 15.7. The van der Waals surface area contributed by atoms with E-state index >= 15 is 0 Å². The average molecular weight is 298 g/mol. The topological polar surface area (TPSA) is 46.3 Å². The molecule has 0 fully saturated rings. The first-order valence-electron chi connectivity index (χ1n) is 7.05. The highest BCUT2D eigenvalue weighted by molar-refractivity contribution is 7.99. The van der Waals surface area contributed by atoms with Gasteiger partial charge in [-0.3, -0.25) is 4.79 Å². The van der Waals surface area contributed by atoms with E-state index in [-0.39, 0.29) is 11.8 Å². The molecular weight excluding hydrogens is 280 g/mol. The van der Waals surface area contributed by atoms with E-state index in [1.54, 1.807) is 11.8 Å². The Kier molecular flexibility index (Phi) is 3.88. The number of amides is 1. The molecule has 1 amide bonds. The van der Waals surface area contributed by atoms with Crippen molar-refractivity contribution < 1.29 is 4.79 Å². The van der Waals surface area contributed by atoms with Gasteiger partial charge in [0.15, 0.2) is 0 Å². The van der Waals surface area contributed by atoms with Gasteiger partial charge >= 0.3 is 0 Å². The molecule has 2 aromatic carbocycles. The van der Waals surface area contributed by atoms with E-state index in [0.717, 1.165) is 23.5 Å². The van der Waals surface area contributed by atoms with Crippen LogP contribution in [0.15, 0.2) is 53.4 Å². The van der Waals surface area contributed by atoms with Crippen molar-refractivity contribution in [1.82, 2.24) is 0 Å². The van der Waals surface area contributed by atoms with Crippen LogP contribution in [0.2, 0.25) is 0 Å². The zero-order chi connectivity index (χ0) is 14.8. The van der Waals surface area contributed by atoms with E-state index < -0.39 is 0 Å². The van der Waals surface area contributed by atoms with E-state index in [9.17, 15) is 4.79 Å².